The number of hydrogen-bond donors (Lipinski definition) is 1. The van der Waals surface area contributed by atoms with Crippen molar-refractivity contribution in [3.8, 4) is 0 Å². The van der Waals surface area contributed by atoms with Crippen molar-refractivity contribution < 1.29 is 0 Å². The van der Waals surface area contributed by atoms with Crippen LogP contribution in [0.15, 0.2) is 21.9 Å². The van der Waals surface area contributed by atoms with E-state index < -0.39 is 0 Å². The maximum atomic E-state index is 5.45. The molecule has 0 atom stereocenters. The zero-order valence-electron chi connectivity index (χ0n) is 8.04. The molecule has 2 aromatic heterocycles. The van der Waals surface area contributed by atoms with Crippen LogP contribution in [0.1, 0.15) is 11.4 Å². The second-order valence-corrected chi connectivity index (χ2v) is 4.75. The van der Waals surface area contributed by atoms with E-state index in [2.05, 4.69) is 19.3 Å². The number of nitrogens with two attached hydrogens (primary N) is 1. The Balaban J connectivity index is 2.11. The van der Waals surface area contributed by atoms with E-state index in [0.29, 0.717) is 11.7 Å². The molecule has 0 spiro atoms. The summed E-state index contributed by atoms with van der Waals surface area (Å²) in [5, 5.41) is 0.670. The summed E-state index contributed by atoms with van der Waals surface area (Å²) in [5.41, 5.74) is 6.37. The second kappa shape index (κ2) is 4.65. The van der Waals surface area contributed by atoms with Crippen molar-refractivity contribution in [3.05, 3.63) is 23.8 Å². The van der Waals surface area contributed by atoms with Gasteiger partial charge in [-0.3, -0.25) is 0 Å². The molecule has 0 aliphatic carbocycles. The maximum absolute atomic E-state index is 5.45. The zero-order valence-corrected chi connectivity index (χ0v) is 9.68. The molecule has 0 aromatic carbocycles. The van der Waals surface area contributed by atoms with Crippen molar-refractivity contribution in [1.82, 2.24) is 19.3 Å². The summed E-state index contributed by atoms with van der Waals surface area (Å²) in [6.07, 6.45) is 3.45. The average Bonchev–Trinajstić information content (AvgIpc) is 2.65. The first-order chi connectivity index (χ1) is 7.28. The third-order valence-corrected chi connectivity index (χ3v) is 3.34. The van der Waals surface area contributed by atoms with Crippen molar-refractivity contribution in [3.63, 3.8) is 0 Å². The van der Waals surface area contributed by atoms with Crippen molar-refractivity contribution in [2.45, 2.75) is 23.0 Å². The minimum absolute atomic E-state index is 0.461. The third kappa shape index (κ3) is 2.71. The zero-order chi connectivity index (χ0) is 10.7. The van der Waals surface area contributed by atoms with Gasteiger partial charge in [-0.25, -0.2) is 15.0 Å². The second-order valence-electron chi connectivity index (χ2n) is 2.79. The summed E-state index contributed by atoms with van der Waals surface area (Å²) in [7, 11) is 0. The van der Waals surface area contributed by atoms with E-state index in [1.165, 1.54) is 23.3 Å². The molecule has 15 heavy (non-hydrogen) atoms. The van der Waals surface area contributed by atoms with Gasteiger partial charge in [-0.05, 0) is 30.2 Å². The largest absolute Gasteiger partial charge is 0.326 e. The Morgan fingerprint density at radius 1 is 1.40 bits per heavy atom. The Bertz CT molecular complexity index is 439. The smallest absolute Gasteiger partial charge is 0.194 e. The minimum Gasteiger partial charge on any atom is -0.326 e. The van der Waals surface area contributed by atoms with Gasteiger partial charge in [-0.2, -0.15) is 4.37 Å². The predicted molar refractivity (Wildman–Crippen MR) is 58.7 cm³/mol. The van der Waals surface area contributed by atoms with Gasteiger partial charge in [0.2, 0.25) is 0 Å². The Morgan fingerprint density at radius 2 is 2.13 bits per heavy atom. The van der Waals surface area contributed by atoms with Crippen molar-refractivity contribution in [2.24, 2.45) is 5.73 Å². The van der Waals surface area contributed by atoms with Crippen LogP contribution in [0.25, 0.3) is 0 Å². The maximum Gasteiger partial charge on any atom is 0.194 e. The molecule has 0 bridgehead atoms. The van der Waals surface area contributed by atoms with E-state index >= 15 is 0 Å². The molecule has 0 saturated heterocycles. The van der Waals surface area contributed by atoms with Gasteiger partial charge in [0.1, 0.15) is 5.82 Å². The van der Waals surface area contributed by atoms with Crippen LogP contribution in [0.5, 0.6) is 0 Å². The Kier molecular flexibility index (Phi) is 3.24. The van der Waals surface area contributed by atoms with E-state index in [-0.39, 0.29) is 0 Å². The fourth-order valence-corrected chi connectivity index (χ4v) is 2.35. The van der Waals surface area contributed by atoms with Crippen LogP contribution in [-0.2, 0) is 6.54 Å². The topological polar surface area (TPSA) is 77.6 Å². The normalized spacial score (nSPS) is 10.5. The summed E-state index contributed by atoms with van der Waals surface area (Å²) in [5.74, 6) is 0.779. The lowest BCUT2D eigenvalue weighted by molar-refractivity contribution is 0.912. The summed E-state index contributed by atoms with van der Waals surface area (Å²) in [6.45, 7) is 2.32. The minimum atomic E-state index is 0.461. The van der Waals surface area contributed by atoms with Crippen molar-refractivity contribution in [1.29, 1.82) is 0 Å². The fraction of sp³-hybridized carbons (Fsp3) is 0.250. The first-order valence-electron chi connectivity index (χ1n) is 4.27. The Morgan fingerprint density at radius 3 is 2.67 bits per heavy atom. The molecular formula is C8H9N5S2. The van der Waals surface area contributed by atoms with Crippen molar-refractivity contribution >= 4 is 23.3 Å². The molecular weight excluding hydrogens is 230 g/mol. The van der Waals surface area contributed by atoms with E-state index in [1.54, 1.807) is 12.4 Å². The molecule has 0 amide bonds. The lowest BCUT2D eigenvalue weighted by atomic mass is 10.4. The van der Waals surface area contributed by atoms with Crippen LogP contribution in [0.2, 0.25) is 0 Å². The third-order valence-electron chi connectivity index (χ3n) is 1.60. The number of hydrogen-bond acceptors (Lipinski definition) is 7. The highest BCUT2D eigenvalue weighted by Crippen LogP contribution is 2.25. The molecule has 0 aliphatic rings. The Labute approximate surface area is 95.3 Å². The molecule has 2 N–H and O–H groups in total. The van der Waals surface area contributed by atoms with Crippen LogP contribution >= 0.6 is 23.3 Å². The first-order valence-corrected chi connectivity index (χ1v) is 5.86. The molecule has 2 aromatic rings. The highest BCUT2D eigenvalue weighted by atomic mass is 32.2. The van der Waals surface area contributed by atoms with E-state index in [1.807, 2.05) is 6.92 Å². The number of aryl methyl sites for hydroxylation is 1. The van der Waals surface area contributed by atoms with Crippen LogP contribution in [0.3, 0.4) is 0 Å². The predicted octanol–water partition coefficient (Wildman–Crippen LogP) is 1.25. The van der Waals surface area contributed by atoms with Gasteiger partial charge in [0, 0.05) is 24.5 Å². The molecule has 0 aliphatic heterocycles. The molecule has 2 rings (SSSR count). The lowest BCUT2D eigenvalue weighted by Gasteiger charge is -1.96. The van der Waals surface area contributed by atoms with Gasteiger partial charge in [0.05, 0.1) is 0 Å². The molecule has 7 heteroatoms. The first kappa shape index (κ1) is 10.5. The summed E-state index contributed by atoms with van der Waals surface area (Å²) < 4.78 is 4.94. The molecule has 0 saturated carbocycles. The highest BCUT2D eigenvalue weighted by molar-refractivity contribution is 8.00. The van der Waals surface area contributed by atoms with Gasteiger partial charge in [-0.1, -0.05) is 0 Å². The van der Waals surface area contributed by atoms with E-state index in [0.717, 1.165) is 15.7 Å². The molecule has 2 heterocycles. The van der Waals surface area contributed by atoms with Crippen LogP contribution in [0, 0.1) is 6.92 Å². The highest BCUT2D eigenvalue weighted by Gasteiger charge is 2.05. The van der Waals surface area contributed by atoms with Gasteiger partial charge in [0.25, 0.3) is 0 Å². The van der Waals surface area contributed by atoms with Crippen LogP contribution < -0.4 is 5.73 Å². The monoisotopic (exact) mass is 239 g/mol. The van der Waals surface area contributed by atoms with Crippen molar-refractivity contribution in [2.75, 3.05) is 0 Å². The lowest BCUT2D eigenvalue weighted by Crippen LogP contribution is -1.98. The number of rotatable bonds is 3. The van der Waals surface area contributed by atoms with Gasteiger partial charge in [-0.15, -0.1) is 0 Å². The Hall–Kier alpha value is -1.05. The number of nitrogens with zero attached hydrogens (tertiary/aromatic N) is 4. The van der Waals surface area contributed by atoms with E-state index in [4.69, 9.17) is 5.73 Å². The van der Waals surface area contributed by atoms with E-state index in [9.17, 15) is 0 Å². The quantitative estimate of drug-likeness (QED) is 0.812. The van der Waals surface area contributed by atoms with Gasteiger partial charge >= 0.3 is 0 Å². The molecule has 0 unspecified atom stereocenters. The summed E-state index contributed by atoms with van der Waals surface area (Å²) >= 11 is 2.76. The molecule has 78 valence electrons. The molecule has 0 radical (unpaired) electrons. The van der Waals surface area contributed by atoms with Gasteiger partial charge in [0.15, 0.2) is 9.50 Å². The summed E-state index contributed by atoms with van der Waals surface area (Å²) in [4.78, 5) is 12.5. The standard InChI is InChI=1S/C8H9N5S2/c1-5-12-8(15-13-5)14-7-10-3-6(2-9)4-11-7/h3-4H,2,9H2,1H3. The average molecular weight is 239 g/mol. The van der Waals surface area contributed by atoms with Crippen LogP contribution in [0.4, 0.5) is 0 Å². The van der Waals surface area contributed by atoms with Crippen LogP contribution in [-0.4, -0.2) is 19.3 Å². The SMILES string of the molecule is Cc1nsc(Sc2ncc(CN)cn2)n1. The fourth-order valence-electron chi connectivity index (χ4n) is 0.899. The number of aromatic nitrogens is 4. The molecule has 0 fully saturated rings. The summed E-state index contributed by atoms with van der Waals surface area (Å²) in [6, 6.07) is 0. The van der Waals surface area contributed by atoms with Gasteiger partial charge < -0.3 is 5.73 Å². The molecule has 5 nitrogen and oxygen atoms in total.